The summed E-state index contributed by atoms with van der Waals surface area (Å²) in [6.45, 7) is 2.99. The van der Waals surface area contributed by atoms with Crippen molar-refractivity contribution in [1.29, 1.82) is 0 Å². The van der Waals surface area contributed by atoms with Crippen LogP contribution in [0.1, 0.15) is 25.3 Å². The predicted molar refractivity (Wildman–Crippen MR) is 137 cm³/mol. The van der Waals surface area contributed by atoms with Gasteiger partial charge in [-0.1, -0.05) is 49.0 Å². The minimum atomic E-state index is -0.648. The third kappa shape index (κ3) is 6.70. The molecule has 0 saturated carbocycles. The molecule has 2 amide bonds. The molecule has 35 heavy (non-hydrogen) atoms. The Labute approximate surface area is 208 Å². The molecule has 0 bridgehead atoms. The van der Waals surface area contributed by atoms with E-state index in [4.69, 9.17) is 4.74 Å². The summed E-state index contributed by atoms with van der Waals surface area (Å²) >= 11 is 1.23. The number of benzene rings is 3. The molecule has 6 nitrogen and oxygen atoms in total. The number of aliphatic imine (C=N–C) groups is 1. The topological polar surface area (TPSA) is 71.0 Å². The lowest BCUT2D eigenvalue weighted by atomic mass is 10.2. The highest BCUT2D eigenvalue weighted by Gasteiger charge is 2.36. The molecule has 1 atom stereocenters. The molecule has 0 radical (unpaired) electrons. The van der Waals surface area contributed by atoms with Gasteiger partial charge < -0.3 is 10.1 Å². The summed E-state index contributed by atoms with van der Waals surface area (Å²) in [6, 6.07) is 22.4. The van der Waals surface area contributed by atoms with Gasteiger partial charge in [-0.15, -0.1) is 0 Å². The Kier molecular flexibility index (Phi) is 8.15. The minimum absolute atomic E-state index is 0.0451. The number of carbonyl (C=O) groups excluding carboxylic acids is 2. The number of hydrogen-bond acceptors (Lipinski definition) is 5. The largest absolute Gasteiger partial charge is 0.494 e. The molecule has 0 aliphatic carbocycles. The first-order valence-corrected chi connectivity index (χ1v) is 12.3. The van der Waals surface area contributed by atoms with Gasteiger partial charge in [-0.3, -0.25) is 14.5 Å². The predicted octanol–water partition coefficient (Wildman–Crippen LogP) is 5.78. The summed E-state index contributed by atoms with van der Waals surface area (Å²) in [5.41, 5.74) is 2.07. The lowest BCUT2D eigenvalue weighted by molar-refractivity contribution is -0.129. The molecule has 1 heterocycles. The Morgan fingerprint density at radius 1 is 1.09 bits per heavy atom. The fourth-order valence-electron chi connectivity index (χ4n) is 3.47. The van der Waals surface area contributed by atoms with Crippen molar-refractivity contribution < 1.29 is 18.7 Å². The summed E-state index contributed by atoms with van der Waals surface area (Å²) < 4.78 is 19.0. The van der Waals surface area contributed by atoms with Crippen molar-refractivity contribution in [3.63, 3.8) is 0 Å². The van der Waals surface area contributed by atoms with E-state index in [0.717, 1.165) is 17.7 Å². The third-order valence-electron chi connectivity index (χ3n) is 5.26. The number of carbonyl (C=O) groups is 2. The van der Waals surface area contributed by atoms with Crippen LogP contribution >= 0.6 is 11.8 Å². The Hall–Kier alpha value is -3.65. The van der Waals surface area contributed by atoms with E-state index in [1.165, 1.54) is 23.9 Å². The normalized spacial score (nSPS) is 16.9. The number of ether oxygens (including phenoxy) is 1. The molecular weight excluding hydrogens is 465 g/mol. The van der Waals surface area contributed by atoms with Crippen molar-refractivity contribution in [2.24, 2.45) is 4.99 Å². The van der Waals surface area contributed by atoms with E-state index < -0.39 is 5.25 Å². The van der Waals surface area contributed by atoms with Gasteiger partial charge in [-0.05, 0) is 60.5 Å². The van der Waals surface area contributed by atoms with Crippen molar-refractivity contribution in [2.75, 3.05) is 11.9 Å². The van der Waals surface area contributed by atoms with Gasteiger partial charge in [0.05, 0.1) is 18.8 Å². The fourth-order valence-corrected chi connectivity index (χ4v) is 4.56. The molecule has 4 rings (SSSR count). The van der Waals surface area contributed by atoms with E-state index in [-0.39, 0.29) is 24.1 Å². The second-order valence-corrected chi connectivity index (χ2v) is 9.18. The zero-order valence-corrected chi connectivity index (χ0v) is 20.1. The summed E-state index contributed by atoms with van der Waals surface area (Å²) in [4.78, 5) is 32.3. The standard InChI is InChI=1S/C27H26FN3O3S/c1-2-16-34-23-14-12-21(13-15-23)29-26(33)24-17-25(32)31(18-19-6-4-3-5-7-19)27(35-24)30-22-10-8-20(28)9-11-22/h3-15,24H,2,16-18H2,1H3,(H,29,33)/t24-/m1/s1. The van der Waals surface area contributed by atoms with Crippen LogP contribution in [0.15, 0.2) is 83.9 Å². The number of anilines is 1. The highest BCUT2D eigenvalue weighted by atomic mass is 32.2. The van der Waals surface area contributed by atoms with Crippen LogP contribution in [-0.2, 0) is 16.1 Å². The van der Waals surface area contributed by atoms with Crippen molar-refractivity contribution in [3.05, 3.63) is 90.2 Å². The van der Waals surface area contributed by atoms with Crippen LogP contribution in [0.5, 0.6) is 5.75 Å². The SMILES string of the molecule is CCCOc1ccc(NC(=O)[C@H]2CC(=O)N(Cc3ccccc3)C(=Nc3ccc(F)cc3)S2)cc1. The molecule has 1 aliphatic rings. The maximum absolute atomic E-state index is 13.4. The zero-order chi connectivity index (χ0) is 24.6. The highest BCUT2D eigenvalue weighted by molar-refractivity contribution is 8.15. The lowest BCUT2D eigenvalue weighted by Crippen LogP contribution is -2.44. The van der Waals surface area contributed by atoms with E-state index in [1.54, 1.807) is 41.3 Å². The van der Waals surface area contributed by atoms with Crippen LogP contribution in [0.25, 0.3) is 0 Å². The van der Waals surface area contributed by atoms with E-state index in [2.05, 4.69) is 10.3 Å². The van der Waals surface area contributed by atoms with Gasteiger partial charge in [0.1, 0.15) is 16.8 Å². The van der Waals surface area contributed by atoms with E-state index in [0.29, 0.717) is 29.7 Å². The molecule has 1 aliphatic heterocycles. The molecule has 8 heteroatoms. The van der Waals surface area contributed by atoms with Crippen molar-refractivity contribution in [1.82, 2.24) is 4.90 Å². The Morgan fingerprint density at radius 3 is 2.49 bits per heavy atom. The van der Waals surface area contributed by atoms with Gasteiger partial charge in [0.25, 0.3) is 0 Å². The molecule has 3 aromatic rings. The number of amidine groups is 1. The lowest BCUT2D eigenvalue weighted by Gasteiger charge is -2.32. The number of rotatable bonds is 8. The van der Waals surface area contributed by atoms with E-state index in [1.807, 2.05) is 37.3 Å². The Morgan fingerprint density at radius 2 is 1.80 bits per heavy atom. The number of nitrogens with zero attached hydrogens (tertiary/aromatic N) is 2. The zero-order valence-electron chi connectivity index (χ0n) is 19.3. The second-order valence-electron chi connectivity index (χ2n) is 8.01. The molecule has 1 N–H and O–H groups in total. The fraction of sp³-hybridized carbons (Fsp3) is 0.222. The van der Waals surface area contributed by atoms with Gasteiger partial charge in [0, 0.05) is 12.1 Å². The average Bonchev–Trinajstić information content (AvgIpc) is 2.87. The third-order valence-corrected chi connectivity index (χ3v) is 6.45. The first kappa shape index (κ1) is 24.5. The number of hydrogen-bond donors (Lipinski definition) is 1. The van der Waals surface area contributed by atoms with Crippen LogP contribution in [0.4, 0.5) is 15.8 Å². The average molecular weight is 492 g/mol. The van der Waals surface area contributed by atoms with Gasteiger partial charge >= 0.3 is 0 Å². The first-order chi connectivity index (χ1) is 17.0. The smallest absolute Gasteiger partial charge is 0.238 e. The van der Waals surface area contributed by atoms with Gasteiger partial charge in [-0.25, -0.2) is 9.38 Å². The van der Waals surface area contributed by atoms with Crippen LogP contribution in [0, 0.1) is 5.82 Å². The molecule has 1 fully saturated rings. The van der Waals surface area contributed by atoms with Crippen molar-refractivity contribution in [3.8, 4) is 5.75 Å². The highest BCUT2D eigenvalue weighted by Crippen LogP contribution is 2.31. The van der Waals surface area contributed by atoms with Gasteiger partial charge in [0.2, 0.25) is 11.8 Å². The van der Waals surface area contributed by atoms with Crippen LogP contribution < -0.4 is 10.1 Å². The maximum Gasteiger partial charge on any atom is 0.238 e. The molecular formula is C27H26FN3O3S. The number of amides is 2. The van der Waals surface area contributed by atoms with Gasteiger partial charge in [-0.2, -0.15) is 0 Å². The molecule has 0 aromatic heterocycles. The van der Waals surface area contributed by atoms with Crippen molar-refractivity contribution in [2.45, 2.75) is 31.6 Å². The van der Waals surface area contributed by atoms with E-state index in [9.17, 15) is 14.0 Å². The first-order valence-electron chi connectivity index (χ1n) is 11.4. The number of nitrogens with one attached hydrogen (secondary N) is 1. The number of halogens is 1. The summed E-state index contributed by atoms with van der Waals surface area (Å²) in [7, 11) is 0. The Balaban J connectivity index is 1.52. The van der Waals surface area contributed by atoms with Crippen LogP contribution in [-0.4, -0.2) is 33.7 Å². The van der Waals surface area contributed by atoms with Crippen LogP contribution in [0.3, 0.4) is 0 Å². The monoisotopic (exact) mass is 491 g/mol. The van der Waals surface area contributed by atoms with E-state index >= 15 is 0 Å². The molecule has 3 aromatic carbocycles. The number of thioether (sulfide) groups is 1. The minimum Gasteiger partial charge on any atom is -0.494 e. The molecule has 180 valence electrons. The summed E-state index contributed by atoms with van der Waals surface area (Å²) in [5.74, 6) is -0.114. The van der Waals surface area contributed by atoms with Crippen molar-refractivity contribution >= 4 is 40.1 Å². The molecule has 0 spiro atoms. The molecule has 0 unspecified atom stereocenters. The molecule has 1 saturated heterocycles. The Bertz CT molecular complexity index is 1180. The quantitative estimate of drug-likeness (QED) is 0.434. The maximum atomic E-state index is 13.4. The van der Waals surface area contributed by atoms with Gasteiger partial charge in [0.15, 0.2) is 5.17 Å². The van der Waals surface area contributed by atoms with Crippen LogP contribution in [0.2, 0.25) is 0 Å². The summed E-state index contributed by atoms with van der Waals surface area (Å²) in [6.07, 6.45) is 0.956. The second kappa shape index (κ2) is 11.7. The summed E-state index contributed by atoms with van der Waals surface area (Å²) in [5, 5.41) is 2.64.